The minimum absolute atomic E-state index is 0.132. The van der Waals surface area contributed by atoms with Gasteiger partial charge in [0.05, 0.1) is 18.3 Å². The molecule has 20 heavy (non-hydrogen) atoms. The van der Waals surface area contributed by atoms with E-state index in [-0.39, 0.29) is 12.3 Å². The summed E-state index contributed by atoms with van der Waals surface area (Å²) in [5, 5.41) is 19.0. The Bertz CT molecular complexity index is 674. The van der Waals surface area contributed by atoms with E-state index in [0.717, 1.165) is 0 Å². The first-order valence-corrected chi connectivity index (χ1v) is 6.29. The number of carbonyl (C=O) groups is 2. The molecule has 5 heteroatoms. The van der Waals surface area contributed by atoms with Gasteiger partial charge in [0.25, 0.3) is 0 Å². The average Bonchev–Trinajstić information content (AvgIpc) is 2.96. The predicted octanol–water partition coefficient (Wildman–Crippen LogP) is 1.26. The Morgan fingerprint density at radius 1 is 1.10 bits per heavy atom. The van der Waals surface area contributed by atoms with E-state index >= 15 is 0 Å². The van der Waals surface area contributed by atoms with Gasteiger partial charge in [0.15, 0.2) is 0 Å². The fourth-order valence-electron chi connectivity index (χ4n) is 2.68. The summed E-state index contributed by atoms with van der Waals surface area (Å²) >= 11 is 0. The van der Waals surface area contributed by atoms with Crippen molar-refractivity contribution in [1.82, 2.24) is 4.57 Å². The molecule has 2 unspecified atom stereocenters. The van der Waals surface area contributed by atoms with Crippen LogP contribution in [0.1, 0.15) is 27.7 Å². The zero-order chi connectivity index (χ0) is 14.3. The van der Waals surface area contributed by atoms with Crippen LogP contribution in [0.15, 0.2) is 42.5 Å². The van der Waals surface area contributed by atoms with Gasteiger partial charge >= 0.3 is 5.97 Å². The molecule has 2 N–H and O–H groups in total. The van der Waals surface area contributed by atoms with Crippen molar-refractivity contribution in [3.05, 3.63) is 59.4 Å². The molecule has 1 aliphatic rings. The maximum Gasteiger partial charge on any atom is 0.315 e. The van der Waals surface area contributed by atoms with Crippen molar-refractivity contribution in [2.75, 3.05) is 0 Å². The second-order valence-electron chi connectivity index (χ2n) is 4.83. The van der Waals surface area contributed by atoms with E-state index in [1.807, 2.05) is 6.07 Å². The quantitative estimate of drug-likeness (QED) is 0.824. The van der Waals surface area contributed by atoms with E-state index in [9.17, 15) is 14.7 Å². The Morgan fingerprint density at radius 2 is 1.80 bits per heavy atom. The van der Waals surface area contributed by atoms with E-state index < -0.39 is 18.0 Å². The van der Waals surface area contributed by atoms with Gasteiger partial charge in [0.2, 0.25) is 5.78 Å². The van der Waals surface area contributed by atoms with Gasteiger partial charge in [-0.15, -0.1) is 0 Å². The zero-order valence-corrected chi connectivity index (χ0v) is 10.6. The number of fused-ring (bicyclic) bond motifs is 1. The Kier molecular flexibility index (Phi) is 2.91. The third-order valence-corrected chi connectivity index (χ3v) is 3.62. The van der Waals surface area contributed by atoms with Gasteiger partial charge < -0.3 is 14.8 Å². The number of carboxylic acid groups (broad SMARTS) is 1. The molecular weight excluding hydrogens is 258 g/mol. The molecule has 1 aromatic carbocycles. The number of aliphatic hydroxyl groups excluding tert-OH is 1. The van der Waals surface area contributed by atoms with Crippen LogP contribution in [0.25, 0.3) is 0 Å². The molecule has 0 saturated heterocycles. The Labute approximate surface area is 115 Å². The fourth-order valence-corrected chi connectivity index (χ4v) is 2.68. The largest absolute Gasteiger partial charge is 0.481 e. The average molecular weight is 271 g/mol. The van der Waals surface area contributed by atoms with Crippen molar-refractivity contribution in [1.29, 1.82) is 0 Å². The van der Waals surface area contributed by atoms with E-state index in [1.54, 1.807) is 41.0 Å². The minimum atomic E-state index is -1.08. The molecule has 0 radical (unpaired) electrons. The lowest BCUT2D eigenvalue weighted by atomic mass is 10.0. The van der Waals surface area contributed by atoms with E-state index in [4.69, 9.17) is 5.11 Å². The summed E-state index contributed by atoms with van der Waals surface area (Å²) in [6.45, 7) is 0.132. The molecule has 102 valence electrons. The smallest absolute Gasteiger partial charge is 0.315 e. The van der Waals surface area contributed by atoms with Crippen LogP contribution < -0.4 is 0 Å². The molecule has 0 spiro atoms. The SMILES string of the molecule is O=C(c1ccccc1)c1ccc2n1CC(O)C2C(=O)O. The second-order valence-corrected chi connectivity index (χ2v) is 4.83. The zero-order valence-electron chi connectivity index (χ0n) is 10.6. The van der Waals surface area contributed by atoms with Gasteiger partial charge in [-0.3, -0.25) is 9.59 Å². The molecule has 2 aromatic rings. The van der Waals surface area contributed by atoms with Gasteiger partial charge in [0.1, 0.15) is 5.92 Å². The highest BCUT2D eigenvalue weighted by Crippen LogP contribution is 2.31. The van der Waals surface area contributed by atoms with Crippen LogP contribution in [0.5, 0.6) is 0 Å². The lowest BCUT2D eigenvalue weighted by molar-refractivity contribution is -0.141. The van der Waals surface area contributed by atoms with Crippen LogP contribution in [0.4, 0.5) is 0 Å². The fraction of sp³-hybridized carbons (Fsp3) is 0.200. The summed E-state index contributed by atoms with van der Waals surface area (Å²) in [5.41, 5.74) is 1.43. The summed E-state index contributed by atoms with van der Waals surface area (Å²) in [5.74, 6) is -2.21. The molecule has 0 bridgehead atoms. The van der Waals surface area contributed by atoms with E-state index in [0.29, 0.717) is 17.0 Å². The third-order valence-electron chi connectivity index (χ3n) is 3.62. The Hall–Kier alpha value is -2.40. The number of nitrogens with zero attached hydrogens (tertiary/aromatic N) is 1. The number of carboxylic acids is 1. The standard InChI is InChI=1S/C15H13NO4/c17-12-8-16-10(13(12)15(19)20)6-7-11(16)14(18)9-4-2-1-3-5-9/h1-7,12-13,17H,8H2,(H,19,20). The highest BCUT2D eigenvalue weighted by Gasteiger charge is 2.38. The number of hydrogen-bond donors (Lipinski definition) is 2. The summed E-state index contributed by atoms with van der Waals surface area (Å²) in [4.78, 5) is 23.6. The Morgan fingerprint density at radius 3 is 2.45 bits per heavy atom. The highest BCUT2D eigenvalue weighted by atomic mass is 16.4. The lowest BCUT2D eigenvalue weighted by Gasteiger charge is -2.07. The number of rotatable bonds is 3. The van der Waals surface area contributed by atoms with Crippen molar-refractivity contribution >= 4 is 11.8 Å². The van der Waals surface area contributed by atoms with Crippen LogP contribution in [0, 0.1) is 0 Å². The molecule has 5 nitrogen and oxygen atoms in total. The first-order chi connectivity index (χ1) is 9.59. The number of aromatic nitrogens is 1. The highest BCUT2D eigenvalue weighted by molar-refractivity contribution is 6.08. The number of hydrogen-bond acceptors (Lipinski definition) is 3. The predicted molar refractivity (Wildman–Crippen MR) is 70.7 cm³/mol. The van der Waals surface area contributed by atoms with Crippen LogP contribution in [-0.4, -0.2) is 32.6 Å². The summed E-state index contributed by atoms with van der Waals surface area (Å²) in [7, 11) is 0. The number of benzene rings is 1. The van der Waals surface area contributed by atoms with Crippen LogP contribution in [-0.2, 0) is 11.3 Å². The lowest BCUT2D eigenvalue weighted by Crippen LogP contribution is -2.21. The molecular formula is C15H13NO4. The van der Waals surface area contributed by atoms with Crippen LogP contribution >= 0.6 is 0 Å². The van der Waals surface area contributed by atoms with Crippen molar-refractivity contribution in [3.8, 4) is 0 Å². The van der Waals surface area contributed by atoms with Gasteiger partial charge in [-0.1, -0.05) is 30.3 Å². The minimum Gasteiger partial charge on any atom is -0.481 e. The van der Waals surface area contributed by atoms with Gasteiger partial charge in [-0.2, -0.15) is 0 Å². The first kappa shape index (κ1) is 12.6. The number of carbonyl (C=O) groups excluding carboxylic acids is 1. The molecule has 2 atom stereocenters. The maximum absolute atomic E-state index is 12.4. The van der Waals surface area contributed by atoms with Crippen LogP contribution in [0.3, 0.4) is 0 Å². The molecule has 1 aromatic heterocycles. The third kappa shape index (κ3) is 1.83. The van der Waals surface area contributed by atoms with Gasteiger partial charge in [0, 0.05) is 11.3 Å². The van der Waals surface area contributed by atoms with Gasteiger partial charge in [-0.05, 0) is 12.1 Å². The van der Waals surface area contributed by atoms with E-state index in [1.165, 1.54) is 0 Å². The van der Waals surface area contributed by atoms with Crippen molar-refractivity contribution in [2.24, 2.45) is 0 Å². The topological polar surface area (TPSA) is 79.5 Å². The molecule has 0 amide bonds. The number of aliphatic carboxylic acids is 1. The van der Waals surface area contributed by atoms with Gasteiger partial charge in [-0.25, -0.2) is 0 Å². The molecule has 3 rings (SSSR count). The van der Waals surface area contributed by atoms with Crippen molar-refractivity contribution < 1.29 is 19.8 Å². The monoisotopic (exact) mass is 271 g/mol. The summed E-state index contributed by atoms with van der Waals surface area (Å²) < 4.78 is 1.60. The Balaban J connectivity index is 2.01. The summed E-state index contributed by atoms with van der Waals surface area (Å²) in [6, 6.07) is 12.0. The van der Waals surface area contributed by atoms with E-state index in [2.05, 4.69) is 0 Å². The molecule has 0 saturated carbocycles. The van der Waals surface area contributed by atoms with Crippen LogP contribution in [0.2, 0.25) is 0 Å². The van der Waals surface area contributed by atoms with Crippen molar-refractivity contribution in [2.45, 2.75) is 18.6 Å². The second kappa shape index (κ2) is 4.61. The molecule has 1 aliphatic heterocycles. The molecule has 2 heterocycles. The molecule has 0 aliphatic carbocycles. The number of aliphatic hydroxyl groups is 1. The first-order valence-electron chi connectivity index (χ1n) is 6.29. The molecule has 0 fully saturated rings. The maximum atomic E-state index is 12.4. The van der Waals surface area contributed by atoms with Crippen molar-refractivity contribution in [3.63, 3.8) is 0 Å². The number of ketones is 1. The normalized spacial score (nSPS) is 20.6. The summed E-state index contributed by atoms with van der Waals surface area (Å²) in [6.07, 6.45) is -0.994.